The molecule has 1 aliphatic heterocycles. The van der Waals surface area contributed by atoms with Gasteiger partial charge < -0.3 is 20.2 Å². The molecule has 1 saturated carbocycles. The van der Waals surface area contributed by atoms with Crippen LogP contribution in [0.25, 0.3) is 0 Å². The number of nitrogens with one attached hydrogen (secondary N) is 1. The molecule has 1 heterocycles. The molecule has 0 spiro atoms. The van der Waals surface area contributed by atoms with Crippen LogP contribution in [0.2, 0.25) is 0 Å². The molecule has 8 heteroatoms. The van der Waals surface area contributed by atoms with E-state index in [1.807, 2.05) is 0 Å². The third kappa shape index (κ3) is 9.06. The predicted octanol–water partition coefficient (Wildman–Crippen LogP) is 1.88. The number of likely N-dealkylation sites (tertiary alicyclic amines) is 1. The largest absolute Gasteiger partial charge is 0.465 e. The maximum Gasteiger partial charge on any atom is 0.404 e. The van der Waals surface area contributed by atoms with E-state index in [2.05, 4.69) is 15.1 Å². The summed E-state index contributed by atoms with van der Waals surface area (Å²) >= 11 is 0. The van der Waals surface area contributed by atoms with Gasteiger partial charge in [0.2, 0.25) is 0 Å². The van der Waals surface area contributed by atoms with Gasteiger partial charge in [-0.1, -0.05) is 19.3 Å². The van der Waals surface area contributed by atoms with Gasteiger partial charge in [-0.05, 0) is 38.8 Å². The minimum Gasteiger partial charge on any atom is -0.465 e. The van der Waals surface area contributed by atoms with Crippen LogP contribution in [-0.4, -0.2) is 53.5 Å². The standard InChI is InChI=1S/C7H14N2O2.C6H11NO3/c10-7(11)8-3-6-9-4-1-2-5-9;8-7(9)10-6-4-2-1-3-5-6/h8H,1-6H2,(H,10,11);6H,1-5H2. The third-order valence-corrected chi connectivity index (χ3v) is 3.69. The molecule has 1 saturated heterocycles. The number of rotatable bonds is 5. The van der Waals surface area contributed by atoms with E-state index in [0.717, 1.165) is 45.3 Å². The number of carboxylic acid groups (broad SMARTS) is 1. The highest BCUT2D eigenvalue weighted by Gasteiger charge is 2.16. The van der Waals surface area contributed by atoms with Crippen molar-refractivity contribution in [2.24, 2.45) is 0 Å². The lowest BCUT2D eigenvalue weighted by atomic mass is 9.98. The molecule has 1 amide bonds. The van der Waals surface area contributed by atoms with E-state index in [0.29, 0.717) is 6.54 Å². The zero-order valence-corrected chi connectivity index (χ0v) is 12.3. The lowest BCUT2D eigenvalue weighted by molar-refractivity contribution is -0.769. The van der Waals surface area contributed by atoms with Gasteiger partial charge in [0.1, 0.15) is 6.10 Å². The maximum atomic E-state index is 10.0. The SMILES string of the molecule is O=C(O)NCCN1CCCC1.O=[N+]([O-])OC1CCCCC1. The Kier molecular flexibility index (Phi) is 8.49. The lowest BCUT2D eigenvalue weighted by Gasteiger charge is -2.18. The molecule has 0 radical (unpaired) electrons. The van der Waals surface area contributed by atoms with Crippen molar-refractivity contribution in [3.8, 4) is 0 Å². The van der Waals surface area contributed by atoms with E-state index in [1.165, 1.54) is 19.3 Å². The van der Waals surface area contributed by atoms with Gasteiger partial charge in [-0.3, -0.25) is 0 Å². The van der Waals surface area contributed by atoms with Crippen molar-refractivity contribution in [2.45, 2.75) is 51.0 Å². The predicted molar refractivity (Wildman–Crippen MR) is 76.7 cm³/mol. The van der Waals surface area contributed by atoms with Gasteiger partial charge >= 0.3 is 6.09 Å². The van der Waals surface area contributed by atoms with Crippen LogP contribution in [0.3, 0.4) is 0 Å². The second kappa shape index (κ2) is 10.2. The minimum atomic E-state index is -0.927. The second-order valence-electron chi connectivity index (χ2n) is 5.37. The second-order valence-corrected chi connectivity index (χ2v) is 5.37. The van der Waals surface area contributed by atoms with E-state index >= 15 is 0 Å². The minimum absolute atomic E-state index is 0.122. The Morgan fingerprint density at radius 1 is 1.24 bits per heavy atom. The topological polar surface area (TPSA) is 105 Å². The summed E-state index contributed by atoms with van der Waals surface area (Å²) in [6, 6.07) is 0. The zero-order valence-electron chi connectivity index (χ0n) is 12.3. The lowest BCUT2D eigenvalue weighted by Crippen LogP contribution is -2.32. The molecular formula is C13H25N3O5. The summed E-state index contributed by atoms with van der Waals surface area (Å²) in [6.45, 7) is 3.66. The van der Waals surface area contributed by atoms with Crippen molar-refractivity contribution < 1.29 is 19.8 Å². The molecule has 2 N–H and O–H groups in total. The first kappa shape index (κ1) is 17.5. The quantitative estimate of drug-likeness (QED) is 0.593. The summed E-state index contributed by atoms with van der Waals surface area (Å²) < 4.78 is 0. The molecule has 1 aliphatic carbocycles. The van der Waals surface area contributed by atoms with Crippen LogP contribution in [0.5, 0.6) is 0 Å². The summed E-state index contributed by atoms with van der Waals surface area (Å²) in [7, 11) is 0. The number of nitrogens with zero attached hydrogens (tertiary/aromatic N) is 2. The third-order valence-electron chi connectivity index (χ3n) is 3.69. The van der Waals surface area contributed by atoms with Gasteiger partial charge in [0.25, 0.3) is 5.09 Å². The Morgan fingerprint density at radius 3 is 2.38 bits per heavy atom. The Hall–Kier alpha value is -1.57. The highest BCUT2D eigenvalue weighted by Crippen LogP contribution is 2.19. The first-order valence-corrected chi connectivity index (χ1v) is 7.58. The first-order valence-electron chi connectivity index (χ1n) is 7.58. The van der Waals surface area contributed by atoms with Gasteiger partial charge in [-0.2, -0.15) is 0 Å². The monoisotopic (exact) mass is 303 g/mol. The molecule has 122 valence electrons. The van der Waals surface area contributed by atoms with Crippen LogP contribution in [0.15, 0.2) is 0 Å². The average molecular weight is 303 g/mol. The van der Waals surface area contributed by atoms with Crippen molar-refractivity contribution in [3.63, 3.8) is 0 Å². The van der Waals surface area contributed by atoms with E-state index in [1.54, 1.807) is 0 Å². The molecule has 0 unspecified atom stereocenters. The van der Waals surface area contributed by atoms with Crippen molar-refractivity contribution in [1.29, 1.82) is 0 Å². The maximum absolute atomic E-state index is 10.0. The molecule has 2 fully saturated rings. The molecular weight excluding hydrogens is 278 g/mol. The summed E-state index contributed by atoms with van der Waals surface area (Å²) in [5.41, 5.74) is 0. The number of hydrogen-bond donors (Lipinski definition) is 2. The summed E-state index contributed by atoms with van der Waals surface area (Å²) in [6.07, 6.45) is 6.49. The molecule has 0 bridgehead atoms. The molecule has 21 heavy (non-hydrogen) atoms. The fraction of sp³-hybridized carbons (Fsp3) is 0.923. The van der Waals surface area contributed by atoms with Crippen molar-refractivity contribution >= 4 is 6.09 Å². The average Bonchev–Trinajstić information content (AvgIpc) is 2.93. The van der Waals surface area contributed by atoms with E-state index in [4.69, 9.17) is 5.11 Å². The van der Waals surface area contributed by atoms with Gasteiger partial charge in [0.05, 0.1) is 0 Å². The Labute approximate surface area is 124 Å². The number of carbonyl (C=O) groups is 1. The highest BCUT2D eigenvalue weighted by atomic mass is 17.0. The summed E-state index contributed by atoms with van der Waals surface area (Å²) in [5.74, 6) is 0. The molecule has 0 aromatic carbocycles. The van der Waals surface area contributed by atoms with Gasteiger partial charge in [-0.25, -0.2) is 4.79 Å². The number of amides is 1. The first-order chi connectivity index (χ1) is 10.1. The smallest absolute Gasteiger partial charge is 0.404 e. The molecule has 0 aromatic rings. The van der Waals surface area contributed by atoms with Crippen LogP contribution in [0, 0.1) is 10.1 Å². The molecule has 2 aliphatic rings. The van der Waals surface area contributed by atoms with Gasteiger partial charge in [0, 0.05) is 13.1 Å². The Bertz CT molecular complexity index is 315. The van der Waals surface area contributed by atoms with Crippen molar-refractivity contribution in [3.05, 3.63) is 10.1 Å². The normalized spacial score (nSPS) is 19.4. The summed E-state index contributed by atoms with van der Waals surface area (Å²) in [5, 5.41) is 19.8. The molecule has 8 nitrogen and oxygen atoms in total. The molecule has 0 aromatic heterocycles. The van der Waals surface area contributed by atoms with Crippen LogP contribution in [-0.2, 0) is 4.84 Å². The van der Waals surface area contributed by atoms with E-state index in [-0.39, 0.29) is 6.10 Å². The highest BCUT2D eigenvalue weighted by molar-refractivity contribution is 5.64. The van der Waals surface area contributed by atoms with E-state index < -0.39 is 11.2 Å². The van der Waals surface area contributed by atoms with Gasteiger partial charge in [0.15, 0.2) is 0 Å². The van der Waals surface area contributed by atoms with E-state index in [9.17, 15) is 14.9 Å². The van der Waals surface area contributed by atoms with Crippen LogP contribution >= 0.6 is 0 Å². The Balaban J connectivity index is 0.000000211. The van der Waals surface area contributed by atoms with Crippen LogP contribution in [0.4, 0.5) is 4.79 Å². The van der Waals surface area contributed by atoms with Crippen LogP contribution < -0.4 is 5.32 Å². The number of hydrogen-bond acceptors (Lipinski definition) is 5. The van der Waals surface area contributed by atoms with Crippen molar-refractivity contribution in [2.75, 3.05) is 26.2 Å². The van der Waals surface area contributed by atoms with Crippen LogP contribution in [0.1, 0.15) is 44.9 Å². The fourth-order valence-electron chi connectivity index (χ4n) is 2.62. The summed E-state index contributed by atoms with van der Waals surface area (Å²) in [4.78, 5) is 26.6. The molecule has 0 atom stereocenters. The fourth-order valence-corrected chi connectivity index (χ4v) is 2.62. The molecule has 2 rings (SSSR count). The van der Waals surface area contributed by atoms with Crippen molar-refractivity contribution in [1.82, 2.24) is 10.2 Å². The zero-order chi connectivity index (χ0) is 15.5. The Morgan fingerprint density at radius 2 is 1.86 bits per heavy atom. The van der Waals surface area contributed by atoms with Gasteiger partial charge in [-0.15, -0.1) is 10.1 Å².